The van der Waals surface area contributed by atoms with E-state index in [2.05, 4.69) is 14.8 Å². The number of nitrogens with zero attached hydrogens (tertiary/aromatic N) is 3. The number of aromatic nitrogens is 3. The number of hydrogen-bond acceptors (Lipinski definition) is 5. The molecule has 160 valence electrons. The van der Waals surface area contributed by atoms with E-state index in [1.807, 2.05) is 24.3 Å². The third-order valence-corrected chi connectivity index (χ3v) is 5.85. The van der Waals surface area contributed by atoms with Crippen molar-refractivity contribution in [3.05, 3.63) is 72.3 Å². The van der Waals surface area contributed by atoms with Gasteiger partial charge in [0.05, 0.1) is 27.9 Å². The summed E-state index contributed by atoms with van der Waals surface area (Å²) in [6, 6.07) is 14.4. The van der Waals surface area contributed by atoms with Crippen molar-refractivity contribution in [2.75, 3.05) is 4.72 Å². The molecule has 4 aromatic rings. The van der Waals surface area contributed by atoms with E-state index in [-0.39, 0.29) is 22.6 Å². The Balaban J connectivity index is 1.73. The van der Waals surface area contributed by atoms with Gasteiger partial charge < -0.3 is 4.74 Å². The average molecular weight is 441 g/mol. The number of pyridine rings is 1. The number of sulfonamides is 1. The number of aryl methyl sites for hydroxylation is 1. The molecule has 0 fully saturated rings. The van der Waals surface area contributed by atoms with Gasteiger partial charge in [0.1, 0.15) is 5.82 Å². The van der Waals surface area contributed by atoms with Crippen molar-refractivity contribution >= 4 is 26.7 Å². The van der Waals surface area contributed by atoms with Gasteiger partial charge in [0, 0.05) is 17.6 Å². The summed E-state index contributed by atoms with van der Waals surface area (Å²) in [7, 11) is -4.07. The van der Waals surface area contributed by atoms with Crippen molar-refractivity contribution in [1.82, 2.24) is 14.8 Å². The lowest BCUT2D eigenvalue weighted by atomic mass is 10.2. The van der Waals surface area contributed by atoms with Crippen LogP contribution in [0, 0.1) is 12.7 Å². The number of hydrogen-bond donors (Lipinski definition) is 1. The van der Waals surface area contributed by atoms with Gasteiger partial charge in [-0.2, -0.15) is 5.10 Å². The summed E-state index contributed by atoms with van der Waals surface area (Å²) < 4.78 is 49.7. The zero-order valence-corrected chi connectivity index (χ0v) is 18.0. The first kappa shape index (κ1) is 20.8. The summed E-state index contributed by atoms with van der Waals surface area (Å²) in [5.74, 6) is -0.517. The van der Waals surface area contributed by atoms with E-state index in [0.717, 1.165) is 17.0 Å². The van der Waals surface area contributed by atoms with Crippen molar-refractivity contribution in [2.45, 2.75) is 31.8 Å². The second kappa shape index (κ2) is 7.99. The van der Waals surface area contributed by atoms with Crippen LogP contribution in [0.25, 0.3) is 16.6 Å². The minimum absolute atomic E-state index is 0.00177. The van der Waals surface area contributed by atoms with Crippen molar-refractivity contribution in [3.63, 3.8) is 0 Å². The van der Waals surface area contributed by atoms with Crippen LogP contribution in [0.1, 0.15) is 19.5 Å². The molecule has 0 spiro atoms. The fourth-order valence-electron chi connectivity index (χ4n) is 3.22. The van der Waals surface area contributed by atoms with E-state index in [1.54, 1.807) is 39.1 Å². The van der Waals surface area contributed by atoms with E-state index < -0.39 is 15.8 Å². The highest BCUT2D eigenvalue weighted by atomic mass is 32.2. The predicted octanol–water partition coefficient (Wildman–Crippen LogP) is 4.46. The lowest BCUT2D eigenvalue weighted by Crippen LogP contribution is -2.16. The Hall–Kier alpha value is -3.46. The van der Waals surface area contributed by atoms with Crippen LogP contribution in [0.4, 0.5) is 10.2 Å². The minimum Gasteiger partial charge on any atom is -0.488 e. The first-order chi connectivity index (χ1) is 14.7. The highest BCUT2D eigenvalue weighted by molar-refractivity contribution is 7.92. The number of halogens is 1. The van der Waals surface area contributed by atoms with Crippen LogP contribution in [-0.2, 0) is 10.0 Å². The van der Waals surface area contributed by atoms with Gasteiger partial charge in [0.25, 0.3) is 10.0 Å². The van der Waals surface area contributed by atoms with Gasteiger partial charge in [0.2, 0.25) is 0 Å². The van der Waals surface area contributed by atoms with Crippen LogP contribution in [0.3, 0.4) is 0 Å². The normalized spacial score (nSPS) is 11.8. The number of ether oxygens (including phenoxy) is 1. The molecule has 0 unspecified atom stereocenters. The smallest absolute Gasteiger partial charge is 0.263 e. The third-order valence-electron chi connectivity index (χ3n) is 4.50. The quantitative estimate of drug-likeness (QED) is 0.479. The summed E-state index contributed by atoms with van der Waals surface area (Å²) in [5, 5.41) is 5.26. The van der Waals surface area contributed by atoms with Crippen LogP contribution >= 0.6 is 0 Å². The second-order valence-electron chi connectivity index (χ2n) is 7.29. The molecule has 0 aliphatic carbocycles. The molecule has 7 nitrogen and oxygen atoms in total. The summed E-state index contributed by atoms with van der Waals surface area (Å²) in [4.78, 5) is 4.11. The number of rotatable bonds is 6. The molecule has 0 aliphatic rings. The molecule has 1 N–H and O–H groups in total. The monoisotopic (exact) mass is 440 g/mol. The minimum atomic E-state index is -4.07. The first-order valence-corrected chi connectivity index (χ1v) is 11.1. The molecule has 2 aromatic heterocycles. The Kier molecular flexibility index (Phi) is 5.36. The molecule has 0 saturated heterocycles. The predicted molar refractivity (Wildman–Crippen MR) is 117 cm³/mol. The Morgan fingerprint density at radius 3 is 2.65 bits per heavy atom. The van der Waals surface area contributed by atoms with E-state index in [9.17, 15) is 12.8 Å². The summed E-state index contributed by atoms with van der Waals surface area (Å²) in [5.41, 5.74) is 2.04. The van der Waals surface area contributed by atoms with Gasteiger partial charge in [-0.1, -0.05) is 6.07 Å². The Labute approximate surface area is 179 Å². The molecule has 4 rings (SSSR count). The number of benzene rings is 2. The lowest BCUT2D eigenvalue weighted by Gasteiger charge is -2.14. The Morgan fingerprint density at radius 2 is 1.90 bits per heavy atom. The van der Waals surface area contributed by atoms with E-state index in [0.29, 0.717) is 11.4 Å². The summed E-state index contributed by atoms with van der Waals surface area (Å²) in [6.07, 6.45) is 1.45. The number of fused-ring (bicyclic) bond motifs is 1. The molecule has 31 heavy (non-hydrogen) atoms. The van der Waals surface area contributed by atoms with Crippen LogP contribution in [-0.4, -0.2) is 29.3 Å². The second-order valence-corrected chi connectivity index (χ2v) is 8.98. The molecule has 0 atom stereocenters. The molecule has 2 heterocycles. The molecular formula is C22H21FN4O3S. The fourth-order valence-corrected chi connectivity index (χ4v) is 4.27. The van der Waals surface area contributed by atoms with Crippen LogP contribution in [0.2, 0.25) is 0 Å². The first-order valence-electron chi connectivity index (χ1n) is 9.64. The fraction of sp³-hybridized carbons (Fsp3) is 0.182. The van der Waals surface area contributed by atoms with E-state index in [1.165, 1.54) is 16.8 Å². The van der Waals surface area contributed by atoms with Gasteiger partial charge in [-0.05, 0) is 63.2 Å². The standard InChI is InChI=1S/C22H21FN4O3S/c1-14(2)30-21-10-9-16(13-18(21)23)31(28,29)26-22-12-15(3)25-27(22)20-8-4-7-19-17(20)6-5-11-24-19/h4-14,26H,1-3H3. The average Bonchev–Trinajstić information content (AvgIpc) is 3.07. The van der Waals surface area contributed by atoms with Gasteiger partial charge in [-0.15, -0.1) is 0 Å². The highest BCUT2D eigenvalue weighted by Gasteiger charge is 2.21. The van der Waals surface area contributed by atoms with Crippen molar-refractivity contribution in [2.24, 2.45) is 0 Å². The zero-order chi connectivity index (χ0) is 22.2. The van der Waals surface area contributed by atoms with E-state index >= 15 is 0 Å². The molecule has 9 heteroatoms. The third kappa shape index (κ3) is 4.22. The number of anilines is 1. The molecular weight excluding hydrogens is 419 g/mol. The van der Waals surface area contributed by atoms with Crippen molar-refractivity contribution in [1.29, 1.82) is 0 Å². The number of nitrogens with one attached hydrogen (secondary N) is 1. The Bertz CT molecular complexity index is 1360. The summed E-state index contributed by atoms with van der Waals surface area (Å²) >= 11 is 0. The van der Waals surface area contributed by atoms with E-state index in [4.69, 9.17) is 4.74 Å². The Morgan fingerprint density at radius 1 is 1.10 bits per heavy atom. The van der Waals surface area contributed by atoms with Gasteiger partial charge in [-0.25, -0.2) is 17.5 Å². The molecule has 0 radical (unpaired) electrons. The molecule has 2 aromatic carbocycles. The molecule has 0 amide bonds. The zero-order valence-electron chi connectivity index (χ0n) is 17.2. The molecule has 0 aliphatic heterocycles. The lowest BCUT2D eigenvalue weighted by molar-refractivity contribution is 0.231. The molecule has 0 bridgehead atoms. The topological polar surface area (TPSA) is 86.1 Å². The van der Waals surface area contributed by atoms with Gasteiger partial charge >= 0.3 is 0 Å². The maximum atomic E-state index is 14.4. The van der Waals surface area contributed by atoms with Gasteiger partial charge in [-0.3, -0.25) is 9.71 Å². The largest absolute Gasteiger partial charge is 0.488 e. The van der Waals surface area contributed by atoms with Crippen molar-refractivity contribution in [3.8, 4) is 11.4 Å². The SMILES string of the molecule is Cc1cc(NS(=O)(=O)c2ccc(OC(C)C)c(F)c2)n(-c2cccc3ncccc23)n1. The van der Waals surface area contributed by atoms with Crippen LogP contribution in [0.15, 0.2) is 65.7 Å². The maximum Gasteiger partial charge on any atom is 0.263 e. The summed E-state index contributed by atoms with van der Waals surface area (Å²) in [6.45, 7) is 5.28. The highest BCUT2D eigenvalue weighted by Crippen LogP contribution is 2.27. The van der Waals surface area contributed by atoms with Crippen LogP contribution < -0.4 is 9.46 Å². The van der Waals surface area contributed by atoms with Crippen LogP contribution in [0.5, 0.6) is 5.75 Å². The van der Waals surface area contributed by atoms with Gasteiger partial charge in [0.15, 0.2) is 11.6 Å². The molecule has 0 saturated carbocycles. The van der Waals surface area contributed by atoms with Crippen molar-refractivity contribution < 1.29 is 17.5 Å². The maximum absolute atomic E-state index is 14.4.